The van der Waals surface area contributed by atoms with Gasteiger partial charge in [-0.2, -0.15) is 0 Å². The Kier molecular flexibility index (Phi) is 27.9. The number of nitrogens with zero attached hydrogens (tertiary/aromatic N) is 9. The molecule has 11 rings (SSSR count). The van der Waals surface area contributed by atoms with Gasteiger partial charge in [-0.3, -0.25) is 29.7 Å². The molecule has 3 saturated heterocycles. The number of anilines is 6. The average molecular weight is 1370 g/mol. The first kappa shape index (κ1) is 75.0. The summed E-state index contributed by atoms with van der Waals surface area (Å²) in [7, 11) is 1.36. The number of carbonyl (C=O) groups is 5. The maximum Gasteiger partial charge on any atom is 0.410 e. The second-order valence-corrected chi connectivity index (χ2v) is 24.5. The number of hydrogen-bond acceptors (Lipinski definition) is 16. The quantitative estimate of drug-likeness (QED) is 0.0436. The number of benzene rings is 5. The number of amides is 7. The molecule has 100 heavy (non-hydrogen) atoms. The molecule has 0 saturated carbocycles. The summed E-state index contributed by atoms with van der Waals surface area (Å²) in [4.78, 5) is 84.8. The molecule has 6 heterocycles. The van der Waals surface area contributed by atoms with Gasteiger partial charge in [0.25, 0.3) is 0 Å². The normalized spacial score (nSPS) is 16.1. The third-order valence-electron chi connectivity index (χ3n) is 16.6. The van der Waals surface area contributed by atoms with Gasteiger partial charge in [0, 0.05) is 166 Å². The zero-order valence-electron chi connectivity index (χ0n) is 57.4. The van der Waals surface area contributed by atoms with Crippen molar-refractivity contribution in [3.05, 3.63) is 233 Å². The second kappa shape index (κ2) is 37.2. The molecule has 26 heteroatoms. The summed E-state index contributed by atoms with van der Waals surface area (Å²) in [5.74, 6) is -1.30. The lowest BCUT2D eigenvalue weighted by molar-refractivity contribution is 0.0450. The number of carbonyl (C=O) groups excluding carboxylic acids is 5. The highest BCUT2D eigenvalue weighted by atomic mass is 19.1. The van der Waals surface area contributed by atoms with Gasteiger partial charge in [-0.15, -0.1) is 0 Å². The van der Waals surface area contributed by atoms with Crippen LogP contribution < -0.4 is 32.7 Å². The predicted molar refractivity (Wildman–Crippen MR) is 380 cm³/mol. The van der Waals surface area contributed by atoms with Crippen molar-refractivity contribution in [1.29, 1.82) is 0 Å². The largest absolute Gasteiger partial charge is 0.453 e. The van der Waals surface area contributed by atoms with Crippen LogP contribution in [0.2, 0.25) is 0 Å². The maximum absolute atomic E-state index is 15.2. The van der Waals surface area contributed by atoms with E-state index >= 15 is 4.39 Å². The molecule has 7 amide bonds. The van der Waals surface area contributed by atoms with Crippen LogP contribution in [0.25, 0.3) is 0 Å². The van der Waals surface area contributed by atoms with Crippen molar-refractivity contribution >= 4 is 64.5 Å². The highest BCUT2D eigenvalue weighted by Gasteiger charge is 2.32. The molecule has 0 spiro atoms. The fourth-order valence-electron chi connectivity index (χ4n) is 11.5. The van der Waals surface area contributed by atoms with Crippen molar-refractivity contribution in [2.24, 2.45) is 0 Å². The van der Waals surface area contributed by atoms with Crippen molar-refractivity contribution < 1.29 is 51.4 Å². The van der Waals surface area contributed by atoms with E-state index < -0.39 is 23.7 Å². The first-order chi connectivity index (χ1) is 48.1. The Morgan fingerprint density at radius 3 is 1.18 bits per heavy atom. The molecule has 8 aromatic rings. The van der Waals surface area contributed by atoms with E-state index in [0.29, 0.717) is 107 Å². The molecule has 0 bridgehead atoms. The van der Waals surface area contributed by atoms with E-state index in [1.165, 1.54) is 19.2 Å². The van der Waals surface area contributed by atoms with Gasteiger partial charge in [0.05, 0.1) is 24.2 Å². The van der Waals surface area contributed by atoms with E-state index in [1.807, 2.05) is 108 Å². The first-order valence-electron chi connectivity index (χ1n) is 32.8. The molecular weight excluding hydrogens is 1280 g/mol. The lowest BCUT2D eigenvalue weighted by Gasteiger charge is -2.39. The molecule has 3 fully saturated rings. The summed E-state index contributed by atoms with van der Waals surface area (Å²) in [5.41, 5.74) is 19.3. The molecule has 0 aliphatic carbocycles. The van der Waals surface area contributed by atoms with Gasteiger partial charge < -0.3 is 61.6 Å². The molecule has 528 valence electrons. The third kappa shape index (κ3) is 22.9. The second-order valence-electron chi connectivity index (χ2n) is 24.5. The van der Waals surface area contributed by atoms with E-state index in [2.05, 4.69) is 50.9 Å². The number of methoxy groups -OCH3 is 1. The van der Waals surface area contributed by atoms with Crippen LogP contribution in [0.1, 0.15) is 65.7 Å². The summed E-state index contributed by atoms with van der Waals surface area (Å²) < 4.78 is 59.9. The Balaban J connectivity index is 0.000000182. The van der Waals surface area contributed by atoms with Crippen LogP contribution in [0.15, 0.2) is 170 Å². The minimum atomic E-state index is -0.534. The topological polar surface area (TPSA) is 271 Å². The van der Waals surface area contributed by atoms with E-state index in [4.69, 9.17) is 25.7 Å². The number of rotatable bonds is 14. The number of hydrogen-bond donors (Lipinski definition) is 6. The molecule has 8 N–H and O–H groups in total. The van der Waals surface area contributed by atoms with Crippen LogP contribution >= 0.6 is 0 Å². The molecule has 3 aromatic heterocycles. The molecule has 3 aliphatic rings. The van der Waals surface area contributed by atoms with Crippen molar-refractivity contribution in [2.75, 3.05) is 98.7 Å². The molecule has 0 radical (unpaired) electrons. The van der Waals surface area contributed by atoms with Crippen molar-refractivity contribution in [2.45, 2.75) is 92.5 Å². The highest BCUT2D eigenvalue weighted by Crippen LogP contribution is 2.26. The van der Waals surface area contributed by atoms with Gasteiger partial charge in [0.15, 0.2) is 17.5 Å². The van der Waals surface area contributed by atoms with Crippen LogP contribution in [0, 0.1) is 38.2 Å². The van der Waals surface area contributed by atoms with Crippen LogP contribution in [0.4, 0.5) is 71.3 Å². The van der Waals surface area contributed by atoms with E-state index in [1.54, 1.807) is 106 Å². The number of ether oxygens (including phenoxy) is 3. The molecular formula is C74H88F3N15O8. The van der Waals surface area contributed by atoms with Gasteiger partial charge in [0.1, 0.15) is 13.2 Å². The summed E-state index contributed by atoms with van der Waals surface area (Å²) in [5, 5.41) is 10.5. The number of pyridine rings is 3. The SMILES string of the molecule is COC(=O)N1CCN(Cc2cccc(NC(=O)Nc3ccnc(C)c3)c2F)C[C@H]1C.C[C@@H]1CN(Cc2cccc(N)c2F)CCN1C(=O)OCc1ccccc1.Cc1cc(N)ccn1.Cc1cc(NC(=O)Nc2cccc(CN3CCN(C(=O)OCc4ccccc4)[C@H](C)C3)c2F)ccn1. The van der Waals surface area contributed by atoms with E-state index in [-0.39, 0.29) is 72.5 Å². The number of aromatic nitrogens is 3. The fraction of sp³-hybridized carbons (Fsp3) is 0.324. The Bertz CT molecular complexity index is 4000. The smallest absolute Gasteiger partial charge is 0.410 e. The monoisotopic (exact) mass is 1370 g/mol. The minimum Gasteiger partial charge on any atom is -0.453 e. The molecule has 3 atom stereocenters. The fourth-order valence-corrected chi connectivity index (χ4v) is 11.5. The van der Waals surface area contributed by atoms with Gasteiger partial charge in [-0.1, -0.05) is 97.1 Å². The Morgan fingerprint density at radius 1 is 0.450 bits per heavy atom. The highest BCUT2D eigenvalue weighted by molar-refractivity contribution is 6.00. The summed E-state index contributed by atoms with van der Waals surface area (Å²) >= 11 is 0. The Labute approximate surface area is 581 Å². The van der Waals surface area contributed by atoms with Crippen LogP contribution in [0.3, 0.4) is 0 Å². The van der Waals surface area contributed by atoms with E-state index in [0.717, 1.165) is 33.9 Å². The van der Waals surface area contributed by atoms with Gasteiger partial charge in [-0.25, -0.2) is 37.1 Å². The number of piperazine rings is 3. The Morgan fingerprint density at radius 2 is 0.820 bits per heavy atom. The van der Waals surface area contributed by atoms with Gasteiger partial charge in [0.2, 0.25) is 0 Å². The number of halogens is 3. The standard InChI is InChI=1S/C27H30FN5O3.C21H26FN5O3.C20H24FN3O2.C6H8N2/c1-19-15-23(11-12-29-19)30-26(34)31-24-10-6-9-22(25(24)28)17-32-13-14-33(20(2)16-32)27(35)36-18-21-7-4-3-5-8-21;1-14-11-17(7-8-23-14)24-20(28)25-18-6-4-5-16(19(18)22)13-26-9-10-27(15(2)12-26)21(29)30-3;1-15-12-23(13-17-8-5-9-18(22)19(17)21)10-11-24(15)20(25)26-14-16-6-3-2-4-7-16;1-5-4-6(7)2-3-8-5/h3-12,15,20H,13-14,16-18H2,1-2H3,(H2,29,30,31,34);4-8,11,15H,9-10,12-13H2,1-3H3,(H2,23,24,25,28);2-9,15H,10-14,22H2,1H3;2-4H,1H3,(H2,7,8)/t20-;2*15-;/m111./s1. The zero-order valence-corrected chi connectivity index (χ0v) is 57.4. The summed E-state index contributed by atoms with van der Waals surface area (Å²) in [6.45, 7) is 18.4. The number of nitrogen functional groups attached to an aromatic ring is 2. The lowest BCUT2D eigenvalue weighted by Crippen LogP contribution is -2.53. The van der Waals surface area contributed by atoms with Crippen molar-refractivity contribution in [1.82, 2.24) is 44.4 Å². The van der Waals surface area contributed by atoms with Crippen LogP contribution in [-0.4, -0.2) is 159 Å². The van der Waals surface area contributed by atoms with Gasteiger partial charge in [-0.05, 0) is 107 Å². The predicted octanol–water partition coefficient (Wildman–Crippen LogP) is 12.7. The van der Waals surface area contributed by atoms with Crippen molar-refractivity contribution in [3.63, 3.8) is 0 Å². The number of nitrogens with one attached hydrogen (secondary N) is 4. The zero-order chi connectivity index (χ0) is 71.7. The molecule has 23 nitrogen and oxygen atoms in total. The lowest BCUT2D eigenvalue weighted by atomic mass is 10.1. The molecule has 5 aromatic carbocycles. The van der Waals surface area contributed by atoms with Crippen molar-refractivity contribution in [3.8, 4) is 0 Å². The number of urea groups is 2. The summed E-state index contributed by atoms with van der Waals surface area (Å²) in [6, 6.07) is 43.3. The first-order valence-corrected chi connectivity index (χ1v) is 32.8. The Hall–Kier alpha value is -10.8. The average Bonchev–Trinajstić information content (AvgIpc) is 0.847. The minimum absolute atomic E-state index is 0.00357. The van der Waals surface area contributed by atoms with Crippen LogP contribution in [-0.2, 0) is 47.1 Å². The molecule has 3 aliphatic heterocycles. The van der Waals surface area contributed by atoms with Gasteiger partial charge >= 0.3 is 30.3 Å². The van der Waals surface area contributed by atoms with E-state index in [9.17, 15) is 32.8 Å². The van der Waals surface area contributed by atoms with Crippen LogP contribution in [0.5, 0.6) is 0 Å². The number of nitrogens with two attached hydrogens (primary N) is 2. The maximum atomic E-state index is 15.2. The third-order valence-corrected chi connectivity index (χ3v) is 16.6. The summed E-state index contributed by atoms with van der Waals surface area (Å²) in [6.07, 6.45) is 3.87. The number of aryl methyl sites for hydroxylation is 3. The molecule has 0 unspecified atom stereocenters.